The molecule has 0 aromatic heterocycles. The molecule has 2 aliphatic carbocycles. The number of rotatable bonds is 6. The van der Waals surface area contributed by atoms with Crippen molar-refractivity contribution in [2.45, 2.75) is 76.7 Å². The van der Waals surface area contributed by atoms with Crippen LogP contribution in [0.3, 0.4) is 0 Å². The van der Waals surface area contributed by atoms with Crippen LogP contribution in [0.4, 0.5) is 0 Å². The van der Waals surface area contributed by atoms with Crippen molar-refractivity contribution in [3.05, 3.63) is 0 Å². The van der Waals surface area contributed by atoms with E-state index in [1.807, 2.05) is 0 Å². The molecule has 2 heteroatoms. The van der Waals surface area contributed by atoms with Gasteiger partial charge in [-0.25, -0.2) is 0 Å². The van der Waals surface area contributed by atoms with E-state index in [9.17, 15) is 0 Å². The van der Waals surface area contributed by atoms with Crippen LogP contribution >= 0.6 is 0 Å². The second kappa shape index (κ2) is 6.91. The molecule has 2 fully saturated rings. The van der Waals surface area contributed by atoms with Gasteiger partial charge in [0.05, 0.1) is 0 Å². The fourth-order valence-electron chi connectivity index (χ4n) is 3.62. The monoisotopic (exact) mass is 252 g/mol. The normalized spacial score (nSPS) is 24.8. The quantitative estimate of drug-likeness (QED) is 0.783. The zero-order valence-corrected chi connectivity index (χ0v) is 12.3. The van der Waals surface area contributed by atoms with E-state index < -0.39 is 0 Å². The summed E-state index contributed by atoms with van der Waals surface area (Å²) in [6.07, 6.45) is 13.9. The minimum atomic E-state index is 0.346. The van der Waals surface area contributed by atoms with Crippen LogP contribution in [0.1, 0.15) is 71.1 Å². The van der Waals surface area contributed by atoms with E-state index in [1.54, 1.807) is 0 Å². The van der Waals surface area contributed by atoms with Crippen LogP contribution in [0.5, 0.6) is 0 Å². The summed E-state index contributed by atoms with van der Waals surface area (Å²) < 4.78 is 0. The third-order valence-electron chi connectivity index (χ3n) is 5.00. The van der Waals surface area contributed by atoms with Crippen molar-refractivity contribution in [2.75, 3.05) is 19.6 Å². The summed E-state index contributed by atoms with van der Waals surface area (Å²) >= 11 is 0. The van der Waals surface area contributed by atoms with Gasteiger partial charge in [-0.05, 0) is 44.6 Å². The van der Waals surface area contributed by atoms with Gasteiger partial charge in [-0.1, -0.05) is 39.0 Å². The second-order valence-electron chi connectivity index (χ2n) is 6.59. The Labute approximate surface area is 113 Å². The largest absolute Gasteiger partial charge is 0.329 e. The molecule has 0 unspecified atom stereocenters. The smallest absolute Gasteiger partial charge is 0.0331 e. The highest BCUT2D eigenvalue weighted by atomic mass is 15.2. The topological polar surface area (TPSA) is 29.3 Å². The van der Waals surface area contributed by atoms with Gasteiger partial charge in [0.25, 0.3) is 0 Å². The summed E-state index contributed by atoms with van der Waals surface area (Å²) in [5.41, 5.74) is 6.59. The van der Waals surface area contributed by atoms with Crippen LogP contribution in [0.25, 0.3) is 0 Å². The molecule has 2 aliphatic rings. The molecule has 2 rings (SSSR count). The Morgan fingerprint density at radius 1 is 1.06 bits per heavy atom. The molecular weight excluding hydrogens is 220 g/mol. The summed E-state index contributed by atoms with van der Waals surface area (Å²) in [4.78, 5) is 2.79. The highest BCUT2D eigenvalue weighted by Crippen LogP contribution is 2.36. The van der Waals surface area contributed by atoms with E-state index in [4.69, 9.17) is 5.73 Å². The maximum atomic E-state index is 6.24. The lowest BCUT2D eigenvalue weighted by Crippen LogP contribution is -2.55. The highest BCUT2D eigenvalue weighted by Gasteiger charge is 2.37. The van der Waals surface area contributed by atoms with Crippen molar-refractivity contribution < 1.29 is 0 Å². The van der Waals surface area contributed by atoms with Crippen molar-refractivity contribution in [1.82, 2.24) is 4.90 Å². The first-order chi connectivity index (χ1) is 8.80. The molecule has 2 saturated carbocycles. The number of nitrogens with two attached hydrogens (primary N) is 1. The summed E-state index contributed by atoms with van der Waals surface area (Å²) in [6, 6.07) is 0. The Balaban J connectivity index is 2.02. The van der Waals surface area contributed by atoms with Gasteiger partial charge in [0.2, 0.25) is 0 Å². The van der Waals surface area contributed by atoms with Crippen LogP contribution in [0.2, 0.25) is 0 Å². The Bertz CT molecular complexity index is 227. The van der Waals surface area contributed by atoms with E-state index in [-0.39, 0.29) is 0 Å². The zero-order chi connectivity index (χ0) is 12.8. The lowest BCUT2D eigenvalue weighted by molar-refractivity contribution is 0.0617. The molecular formula is C16H32N2. The van der Waals surface area contributed by atoms with E-state index in [2.05, 4.69) is 11.8 Å². The van der Waals surface area contributed by atoms with Crippen molar-refractivity contribution in [1.29, 1.82) is 0 Å². The van der Waals surface area contributed by atoms with E-state index in [0.29, 0.717) is 5.54 Å². The third kappa shape index (κ3) is 3.71. The average molecular weight is 252 g/mol. The van der Waals surface area contributed by atoms with Crippen molar-refractivity contribution in [3.63, 3.8) is 0 Å². The molecule has 0 amide bonds. The fraction of sp³-hybridized carbons (Fsp3) is 1.00. The van der Waals surface area contributed by atoms with Crippen LogP contribution < -0.4 is 5.73 Å². The Morgan fingerprint density at radius 2 is 1.67 bits per heavy atom. The second-order valence-corrected chi connectivity index (χ2v) is 6.59. The molecule has 0 saturated heterocycles. The standard InChI is InChI=1S/C16H32N2/c1-2-12-18(13-15-8-9-15)16(14-17)10-6-4-3-5-7-11-16/h15H,2-14,17H2,1H3. The minimum Gasteiger partial charge on any atom is -0.329 e. The fourth-order valence-corrected chi connectivity index (χ4v) is 3.62. The Kier molecular flexibility index (Phi) is 5.50. The van der Waals surface area contributed by atoms with Crippen molar-refractivity contribution in [2.24, 2.45) is 11.7 Å². The third-order valence-corrected chi connectivity index (χ3v) is 5.00. The van der Waals surface area contributed by atoms with Gasteiger partial charge in [-0.3, -0.25) is 4.90 Å². The van der Waals surface area contributed by atoms with E-state index in [0.717, 1.165) is 12.5 Å². The lowest BCUT2D eigenvalue weighted by Gasteiger charge is -2.45. The first-order valence-electron chi connectivity index (χ1n) is 8.26. The van der Waals surface area contributed by atoms with Crippen LogP contribution in [0.15, 0.2) is 0 Å². The van der Waals surface area contributed by atoms with Gasteiger partial charge in [0.15, 0.2) is 0 Å². The molecule has 0 spiro atoms. The number of hydrogen-bond donors (Lipinski definition) is 1. The molecule has 0 heterocycles. The molecule has 0 aromatic carbocycles. The van der Waals surface area contributed by atoms with Gasteiger partial charge in [-0.2, -0.15) is 0 Å². The average Bonchev–Trinajstić information content (AvgIpc) is 3.13. The SMILES string of the molecule is CCCN(CC1CC1)C1(CN)CCCCCCC1. The van der Waals surface area contributed by atoms with Crippen LogP contribution in [-0.4, -0.2) is 30.1 Å². The Hall–Kier alpha value is -0.0800. The molecule has 2 nitrogen and oxygen atoms in total. The van der Waals surface area contributed by atoms with Gasteiger partial charge >= 0.3 is 0 Å². The van der Waals surface area contributed by atoms with Gasteiger partial charge in [0.1, 0.15) is 0 Å². The summed E-state index contributed by atoms with van der Waals surface area (Å²) in [6.45, 7) is 5.77. The van der Waals surface area contributed by atoms with Gasteiger partial charge in [0, 0.05) is 18.6 Å². The molecule has 0 aromatic rings. The predicted molar refractivity (Wildman–Crippen MR) is 78.7 cm³/mol. The molecule has 106 valence electrons. The maximum absolute atomic E-state index is 6.24. The first-order valence-corrected chi connectivity index (χ1v) is 8.26. The molecule has 0 bridgehead atoms. The number of nitrogens with zero attached hydrogens (tertiary/aromatic N) is 1. The predicted octanol–water partition coefficient (Wildman–Crippen LogP) is 3.55. The summed E-state index contributed by atoms with van der Waals surface area (Å²) in [5, 5.41) is 0. The van der Waals surface area contributed by atoms with Gasteiger partial charge in [-0.15, -0.1) is 0 Å². The van der Waals surface area contributed by atoms with Gasteiger partial charge < -0.3 is 5.73 Å². The molecule has 0 atom stereocenters. The highest BCUT2D eigenvalue weighted by molar-refractivity contribution is 4.94. The van der Waals surface area contributed by atoms with E-state index in [1.165, 1.54) is 77.3 Å². The molecule has 18 heavy (non-hydrogen) atoms. The van der Waals surface area contributed by atoms with E-state index >= 15 is 0 Å². The number of hydrogen-bond acceptors (Lipinski definition) is 2. The van der Waals surface area contributed by atoms with Crippen molar-refractivity contribution >= 4 is 0 Å². The molecule has 0 radical (unpaired) electrons. The maximum Gasteiger partial charge on any atom is 0.0331 e. The molecule has 0 aliphatic heterocycles. The minimum absolute atomic E-state index is 0.346. The van der Waals surface area contributed by atoms with Crippen molar-refractivity contribution in [3.8, 4) is 0 Å². The molecule has 2 N–H and O–H groups in total. The van der Waals surface area contributed by atoms with Crippen LogP contribution in [-0.2, 0) is 0 Å². The lowest BCUT2D eigenvalue weighted by atomic mass is 9.82. The van der Waals surface area contributed by atoms with Crippen LogP contribution in [0, 0.1) is 5.92 Å². The Morgan fingerprint density at radius 3 is 2.17 bits per heavy atom. The summed E-state index contributed by atoms with van der Waals surface area (Å²) in [7, 11) is 0. The first kappa shape index (κ1) is 14.3. The zero-order valence-electron chi connectivity index (χ0n) is 12.3. The summed E-state index contributed by atoms with van der Waals surface area (Å²) in [5.74, 6) is 0.991.